The number of carbonyl (C=O) groups excluding carboxylic acids is 1. The first-order chi connectivity index (χ1) is 16.1. The second-order valence-electron chi connectivity index (χ2n) is 8.55. The van der Waals surface area contributed by atoms with Crippen molar-refractivity contribution in [3.63, 3.8) is 0 Å². The molecule has 1 atom stereocenters. The highest BCUT2D eigenvalue weighted by atomic mass is 16.5. The van der Waals surface area contributed by atoms with Crippen LogP contribution in [0.25, 0.3) is 0 Å². The summed E-state index contributed by atoms with van der Waals surface area (Å²) >= 11 is 0. The molecule has 0 aromatic heterocycles. The zero-order valence-electron chi connectivity index (χ0n) is 19.9. The molecule has 174 valence electrons. The third-order valence-corrected chi connectivity index (χ3v) is 5.71. The molecule has 0 radical (unpaired) electrons. The summed E-state index contributed by atoms with van der Waals surface area (Å²) in [5.74, 6) is 0.227. The maximum absolute atomic E-state index is 13.1. The molecule has 0 fully saturated rings. The Morgan fingerprint density at radius 3 is 1.67 bits per heavy atom. The van der Waals surface area contributed by atoms with E-state index in [1.54, 1.807) is 0 Å². The van der Waals surface area contributed by atoms with Gasteiger partial charge in [0, 0.05) is 6.61 Å². The first-order valence-electron chi connectivity index (χ1n) is 11.8. The summed E-state index contributed by atoms with van der Waals surface area (Å²) in [5, 5.41) is 3.69. The maximum atomic E-state index is 13.1. The maximum Gasteiger partial charge on any atom is 0.325 e. The predicted octanol–water partition coefficient (Wildman–Crippen LogP) is 5.56. The second-order valence-corrected chi connectivity index (χ2v) is 8.55. The largest absolute Gasteiger partial charge is 0.465 e. The molecule has 3 aromatic rings. The van der Waals surface area contributed by atoms with Gasteiger partial charge in [-0.05, 0) is 36.0 Å². The van der Waals surface area contributed by atoms with Crippen LogP contribution >= 0.6 is 0 Å². The zero-order valence-corrected chi connectivity index (χ0v) is 19.9. The molecular formula is C29H35NO3. The predicted molar refractivity (Wildman–Crippen MR) is 133 cm³/mol. The Morgan fingerprint density at radius 2 is 1.27 bits per heavy atom. The number of hydrogen-bond acceptors (Lipinski definition) is 4. The van der Waals surface area contributed by atoms with E-state index in [1.165, 1.54) is 0 Å². The minimum absolute atomic E-state index is 0.236. The summed E-state index contributed by atoms with van der Waals surface area (Å²) in [6, 6.07) is 30.1. The van der Waals surface area contributed by atoms with Crippen molar-refractivity contribution in [2.24, 2.45) is 5.92 Å². The lowest BCUT2D eigenvalue weighted by Gasteiger charge is -2.39. The molecule has 4 nitrogen and oxygen atoms in total. The average molecular weight is 446 g/mol. The number of ether oxygens (including phenoxy) is 2. The van der Waals surface area contributed by atoms with Crippen LogP contribution in [0.4, 0.5) is 0 Å². The van der Waals surface area contributed by atoms with Crippen LogP contribution in [0.2, 0.25) is 0 Å². The molecule has 0 unspecified atom stereocenters. The van der Waals surface area contributed by atoms with Crippen LogP contribution in [0.15, 0.2) is 91.0 Å². The van der Waals surface area contributed by atoms with E-state index in [4.69, 9.17) is 9.47 Å². The molecule has 3 rings (SSSR count). The van der Waals surface area contributed by atoms with Crippen molar-refractivity contribution in [1.29, 1.82) is 0 Å². The lowest BCUT2D eigenvalue weighted by Crippen LogP contribution is -2.54. The molecule has 0 aliphatic rings. The van der Waals surface area contributed by atoms with Gasteiger partial charge in [0.1, 0.15) is 6.04 Å². The molecule has 0 aliphatic heterocycles. The Morgan fingerprint density at radius 1 is 0.818 bits per heavy atom. The molecule has 3 aromatic carbocycles. The first-order valence-corrected chi connectivity index (χ1v) is 11.8. The van der Waals surface area contributed by atoms with Crippen LogP contribution in [0.5, 0.6) is 0 Å². The molecule has 0 saturated carbocycles. The summed E-state index contributed by atoms with van der Waals surface area (Å²) in [4.78, 5) is 13.1. The Balaban J connectivity index is 2.09. The number of rotatable bonds is 12. The number of esters is 1. The molecule has 1 N–H and O–H groups in total. The first kappa shape index (κ1) is 24.7. The Bertz CT molecular complexity index is 861. The van der Waals surface area contributed by atoms with Gasteiger partial charge >= 0.3 is 5.97 Å². The summed E-state index contributed by atoms with van der Waals surface area (Å²) in [6.07, 6.45) is 0.941. The number of hydrogen-bond donors (Lipinski definition) is 1. The number of benzene rings is 3. The fourth-order valence-electron chi connectivity index (χ4n) is 4.01. The Kier molecular flexibility index (Phi) is 9.23. The van der Waals surface area contributed by atoms with Crippen LogP contribution in [0.3, 0.4) is 0 Å². The van der Waals surface area contributed by atoms with Gasteiger partial charge in [0.25, 0.3) is 0 Å². The van der Waals surface area contributed by atoms with Crippen molar-refractivity contribution in [1.82, 2.24) is 5.32 Å². The van der Waals surface area contributed by atoms with Crippen molar-refractivity contribution < 1.29 is 14.3 Å². The van der Waals surface area contributed by atoms with Gasteiger partial charge in [0.05, 0.1) is 18.8 Å². The Labute approximate surface area is 197 Å². The fraction of sp³-hybridized carbons (Fsp3) is 0.345. The summed E-state index contributed by atoms with van der Waals surface area (Å²) in [5.41, 5.74) is 2.36. The van der Waals surface area contributed by atoms with Gasteiger partial charge in [-0.3, -0.25) is 10.1 Å². The zero-order chi connectivity index (χ0) is 23.5. The van der Waals surface area contributed by atoms with Crippen LogP contribution in [0.1, 0.15) is 43.9 Å². The fourth-order valence-corrected chi connectivity index (χ4v) is 4.01. The van der Waals surface area contributed by atoms with E-state index in [0.717, 1.165) is 23.1 Å². The molecule has 0 aliphatic carbocycles. The number of nitrogens with one attached hydrogen (secondary N) is 1. The van der Waals surface area contributed by atoms with Crippen molar-refractivity contribution >= 4 is 5.97 Å². The highest BCUT2D eigenvalue weighted by molar-refractivity contribution is 5.76. The normalized spacial score (nSPS) is 12.5. The smallest absolute Gasteiger partial charge is 0.325 e. The quantitative estimate of drug-likeness (QED) is 0.225. The van der Waals surface area contributed by atoms with Crippen molar-refractivity contribution in [3.8, 4) is 0 Å². The van der Waals surface area contributed by atoms with E-state index in [1.807, 2.05) is 61.5 Å². The van der Waals surface area contributed by atoms with Crippen LogP contribution in [-0.2, 0) is 19.8 Å². The van der Waals surface area contributed by atoms with E-state index >= 15 is 0 Å². The summed E-state index contributed by atoms with van der Waals surface area (Å²) < 4.78 is 11.4. The van der Waals surface area contributed by atoms with Gasteiger partial charge < -0.3 is 9.47 Å². The van der Waals surface area contributed by atoms with E-state index in [0.29, 0.717) is 19.1 Å². The SMILES string of the molecule is CCOC(=O)[C@H](COCCC(C)C)NC(c1ccccc1)(c1ccccc1)c1ccccc1. The topological polar surface area (TPSA) is 47.6 Å². The molecular weight excluding hydrogens is 410 g/mol. The van der Waals surface area contributed by atoms with Crippen molar-refractivity contribution in [2.45, 2.75) is 38.8 Å². The highest BCUT2D eigenvalue weighted by Crippen LogP contribution is 2.37. The van der Waals surface area contributed by atoms with Crippen molar-refractivity contribution in [3.05, 3.63) is 108 Å². The lowest BCUT2D eigenvalue weighted by molar-refractivity contribution is -0.147. The lowest BCUT2D eigenvalue weighted by atomic mass is 9.76. The average Bonchev–Trinajstić information content (AvgIpc) is 2.85. The minimum atomic E-state index is -0.761. The number of carbonyl (C=O) groups is 1. The Hall–Kier alpha value is -2.95. The van der Waals surface area contributed by atoms with Crippen LogP contribution < -0.4 is 5.32 Å². The summed E-state index contributed by atoms with van der Waals surface area (Å²) in [6.45, 7) is 7.31. The van der Waals surface area contributed by atoms with Crippen molar-refractivity contribution in [2.75, 3.05) is 19.8 Å². The molecule has 0 bridgehead atoms. The van der Waals surface area contributed by atoms with Crippen LogP contribution in [0, 0.1) is 5.92 Å². The van der Waals surface area contributed by atoms with E-state index < -0.39 is 11.6 Å². The molecule has 33 heavy (non-hydrogen) atoms. The molecule has 0 spiro atoms. The molecule has 0 amide bonds. The monoisotopic (exact) mass is 445 g/mol. The second kappa shape index (κ2) is 12.3. The third kappa shape index (κ3) is 6.31. The van der Waals surface area contributed by atoms with Gasteiger partial charge in [-0.1, -0.05) is 105 Å². The van der Waals surface area contributed by atoms with Gasteiger partial charge in [-0.2, -0.15) is 0 Å². The van der Waals surface area contributed by atoms with E-state index in [9.17, 15) is 4.79 Å². The highest BCUT2D eigenvalue weighted by Gasteiger charge is 2.40. The third-order valence-electron chi connectivity index (χ3n) is 5.71. The minimum Gasteiger partial charge on any atom is -0.465 e. The molecule has 4 heteroatoms. The van der Waals surface area contributed by atoms with Crippen LogP contribution in [-0.4, -0.2) is 31.8 Å². The van der Waals surface area contributed by atoms with Gasteiger partial charge in [-0.15, -0.1) is 0 Å². The van der Waals surface area contributed by atoms with Gasteiger partial charge in [0.15, 0.2) is 0 Å². The van der Waals surface area contributed by atoms with Gasteiger partial charge in [0.2, 0.25) is 0 Å². The van der Waals surface area contributed by atoms with E-state index in [-0.39, 0.29) is 12.6 Å². The summed E-state index contributed by atoms with van der Waals surface area (Å²) in [7, 11) is 0. The molecule has 0 heterocycles. The molecule has 0 saturated heterocycles. The van der Waals surface area contributed by atoms with Gasteiger partial charge in [-0.25, -0.2) is 0 Å². The van der Waals surface area contributed by atoms with E-state index in [2.05, 4.69) is 55.6 Å². The standard InChI is InChI=1S/C29H35NO3/c1-4-33-28(31)27(22-32-21-20-23(2)3)30-29(24-14-8-5-9-15-24,25-16-10-6-11-17-25)26-18-12-7-13-19-26/h5-19,23,27,30H,4,20-22H2,1-3H3/t27-/m0/s1.